The molecular formula is C10H11N3O2S. The van der Waals surface area contributed by atoms with Crippen molar-refractivity contribution in [3.8, 4) is 5.75 Å². The quantitative estimate of drug-likeness (QED) is 0.267. The van der Waals surface area contributed by atoms with Gasteiger partial charge in [-0.25, -0.2) is 4.79 Å². The van der Waals surface area contributed by atoms with Gasteiger partial charge in [-0.3, -0.25) is 5.43 Å². The molecule has 84 valence electrons. The Balaban J connectivity index is 2.59. The van der Waals surface area contributed by atoms with Crippen molar-refractivity contribution < 1.29 is 9.53 Å². The van der Waals surface area contributed by atoms with Crippen molar-refractivity contribution in [2.75, 3.05) is 0 Å². The first-order valence-corrected chi connectivity index (χ1v) is 4.87. The fourth-order valence-electron chi connectivity index (χ4n) is 0.854. The fourth-order valence-corrected chi connectivity index (χ4v) is 0.900. The maximum Gasteiger partial charge on any atom is 0.359 e. The third-order valence-corrected chi connectivity index (χ3v) is 1.67. The SMILES string of the molecule is CC(=NNC(N)=S)C(=O)Oc1ccccc1. The van der Waals surface area contributed by atoms with Gasteiger partial charge in [-0.05, 0) is 31.3 Å². The van der Waals surface area contributed by atoms with Gasteiger partial charge in [-0.1, -0.05) is 18.2 Å². The summed E-state index contributed by atoms with van der Waals surface area (Å²) in [4.78, 5) is 11.4. The van der Waals surface area contributed by atoms with E-state index in [9.17, 15) is 4.79 Å². The third kappa shape index (κ3) is 4.05. The van der Waals surface area contributed by atoms with Gasteiger partial charge in [0.1, 0.15) is 11.5 Å². The molecule has 0 fully saturated rings. The van der Waals surface area contributed by atoms with E-state index in [-0.39, 0.29) is 10.8 Å². The highest BCUT2D eigenvalue weighted by Crippen LogP contribution is 2.08. The predicted molar refractivity (Wildman–Crippen MR) is 65.1 cm³/mol. The highest BCUT2D eigenvalue weighted by Gasteiger charge is 2.08. The first-order chi connectivity index (χ1) is 7.59. The van der Waals surface area contributed by atoms with Crippen LogP contribution in [0.4, 0.5) is 0 Å². The molecule has 0 amide bonds. The Morgan fingerprint density at radius 1 is 1.44 bits per heavy atom. The standard InChI is InChI=1S/C10H11N3O2S/c1-7(12-13-10(11)16)9(14)15-8-5-3-2-4-6-8/h2-6H,1H3,(H3,11,13,16). The number of carbonyl (C=O) groups is 1. The average Bonchev–Trinajstić information content (AvgIpc) is 2.27. The minimum Gasteiger partial charge on any atom is -0.422 e. The molecule has 5 nitrogen and oxygen atoms in total. The van der Waals surface area contributed by atoms with Crippen molar-refractivity contribution in [3.05, 3.63) is 30.3 Å². The zero-order chi connectivity index (χ0) is 12.0. The first kappa shape index (κ1) is 12.1. The Bertz CT molecular complexity index is 417. The van der Waals surface area contributed by atoms with Crippen molar-refractivity contribution in [1.82, 2.24) is 5.43 Å². The zero-order valence-corrected chi connectivity index (χ0v) is 9.45. The summed E-state index contributed by atoms with van der Waals surface area (Å²) >= 11 is 4.54. The number of nitrogens with zero attached hydrogens (tertiary/aromatic N) is 1. The molecule has 0 spiro atoms. The van der Waals surface area contributed by atoms with E-state index >= 15 is 0 Å². The fraction of sp³-hybridized carbons (Fsp3) is 0.100. The number of para-hydroxylation sites is 1. The van der Waals surface area contributed by atoms with Gasteiger partial charge >= 0.3 is 5.97 Å². The summed E-state index contributed by atoms with van der Waals surface area (Å²) in [7, 11) is 0. The summed E-state index contributed by atoms with van der Waals surface area (Å²) in [5.74, 6) is -0.104. The van der Waals surface area contributed by atoms with Crippen LogP contribution in [0.15, 0.2) is 35.4 Å². The van der Waals surface area contributed by atoms with E-state index in [4.69, 9.17) is 10.5 Å². The lowest BCUT2D eigenvalue weighted by Crippen LogP contribution is -2.28. The van der Waals surface area contributed by atoms with Crippen LogP contribution in [0.1, 0.15) is 6.92 Å². The number of ether oxygens (including phenoxy) is 1. The van der Waals surface area contributed by atoms with Crippen molar-refractivity contribution >= 4 is 29.0 Å². The highest BCUT2D eigenvalue weighted by atomic mass is 32.1. The molecule has 0 aliphatic carbocycles. The Kier molecular flexibility index (Phi) is 4.41. The van der Waals surface area contributed by atoms with Crippen LogP contribution >= 0.6 is 12.2 Å². The topological polar surface area (TPSA) is 76.7 Å². The van der Waals surface area contributed by atoms with Crippen LogP contribution in [0.3, 0.4) is 0 Å². The van der Waals surface area contributed by atoms with Gasteiger partial charge in [0.25, 0.3) is 0 Å². The van der Waals surface area contributed by atoms with Crippen LogP contribution in [0, 0.1) is 0 Å². The summed E-state index contributed by atoms with van der Waals surface area (Å²) in [6.07, 6.45) is 0. The highest BCUT2D eigenvalue weighted by molar-refractivity contribution is 7.80. The van der Waals surface area contributed by atoms with Crippen molar-refractivity contribution in [1.29, 1.82) is 0 Å². The van der Waals surface area contributed by atoms with Crippen LogP contribution < -0.4 is 15.9 Å². The molecule has 0 bridgehead atoms. The van der Waals surface area contributed by atoms with Crippen LogP contribution in [0.2, 0.25) is 0 Å². The monoisotopic (exact) mass is 237 g/mol. The first-order valence-electron chi connectivity index (χ1n) is 4.46. The Hall–Kier alpha value is -1.95. The van der Waals surface area contributed by atoms with E-state index in [0.29, 0.717) is 5.75 Å². The molecule has 1 rings (SSSR count). The lowest BCUT2D eigenvalue weighted by atomic mass is 10.3. The summed E-state index contributed by atoms with van der Waals surface area (Å²) in [5, 5.41) is 3.64. The van der Waals surface area contributed by atoms with Gasteiger partial charge in [0, 0.05) is 0 Å². The van der Waals surface area contributed by atoms with Gasteiger partial charge in [0.2, 0.25) is 0 Å². The lowest BCUT2D eigenvalue weighted by Gasteiger charge is -2.03. The number of benzene rings is 1. The second-order valence-corrected chi connectivity index (χ2v) is 3.32. The number of nitrogens with one attached hydrogen (secondary N) is 1. The molecule has 3 N–H and O–H groups in total. The number of rotatable bonds is 3. The lowest BCUT2D eigenvalue weighted by molar-refractivity contribution is -0.127. The van der Waals surface area contributed by atoms with Crippen LogP contribution in [0.5, 0.6) is 5.75 Å². The molecule has 1 aromatic carbocycles. The Morgan fingerprint density at radius 2 is 2.06 bits per heavy atom. The molecule has 0 saturated carbocycles. The maximum absolute atomic E-state index is 11.4. The summed E-state index contributed by atoms with van der Waals surface area (Å²) in [6, 6.07) is 8.70. The second kappa shape index (κ2) is 5.82. The van der Waals surface area contributed by atoms with Crippen LogP contribution in [-0.2, 0) is 4.79 Å². The molecular weight excluding hydrogens is 226 g/mol. The molecule has 6 heteroatoms. The average molecular weight is 237 g/mol. The van der Waals surface area contributed by atoms with E-state index in [1.165, 1.54) is 6.92 Å². The molecule has 0 aromatic heterocycles. The van der Waals surface area contributed by atoms with E-state index in [1.54, 1.807) is 24.3 Å². The molecule has 0 saturated heterocycles. The Morgan fingerprint density at radius 3 is 2.62 bits per heavy atom. The van der Waals surface area contributed by atoms with Gasteiger partial charge in [0.05, 0.1) is 0 Å². The summed E-state index contributed by atoms with van der Waals surface area (Å²) in [6.45, 7) is 1.50. The van der Waals surface area contributed by atoms with Gasteiger partial charge in [0.15, 0.2) is 5.11 Å². The largest absolute Gasteiger partial charge is 0.422 e. The number of thiocarbonyl (C=S) groups is 1. The molecule has 16 heavy (non-hydrogen) atoms. The second-order valence-electron chi connectivity index (χ2n) is 2.88. The minimum absolute atomic E-state index is 0.00754. The molecule has 0 heterocycles. The maximum atomic E-state index is 11.4. The van der Waals surface area contributed by atoms with Gasteiger partial charge in [-0.2, -0.15) is 5.10 Å². The summed E-state index contributed by atoms with van der Waals surface area (Å²) in [5.41, 5.74) is 7.60. The number of hydrazone groups is 1. The molecule has 1 aromatic rings. The summed E-state index contributed by atoms with van der Waals surface area (Å²) < 4.78 is 5.01. The zero-order valence-electron chi connectivity index (χ0n) is 8.64. The van der Waals surface area contributed by atoms with E-state index in [2.05, 4.69) is 22.7 Å². The van der Waals surface area contributed by atoms with Crippen molar-refractivity contribution in [2.24, 2.45) is 10.8 Å². The molecule has 0 unspecified atom stereocenters. The normalized spacial score (nSPS) is 10.7. The number of nitrogens with two attached hydrogens (primary N) is 1. The van der Waals surface area contributed by atoms with Crippen molar-refractivity contribution in [2.45, 2.75) is 6.92 Å². The van der Waals surface area contributed by atoms with Gasteiger partial charge in [-0.15, -0.1) is 0 Å². The number of hydrogen-bond donors (Lipinski definition) is 2. The van der Waals surface area contributed by atoms with Crippen LogP contribution in [-0.4, -0.2) is 16.8 Å². The van der Waals surface area contributed by atoms with Gasteiger partial charge < -0.3 is 10.5 Å². The molecule has 0 atom stereocenters. The van der Waals surface area contributed by atoms with E-state index < -0.39 is 5.97 Å². The molecule has 0 aliphatic rings. The van der Waals surface area contributed by atoms with Crippen molar-refractivity contribution in [3.63, 3.8) is 0 Å². The minimum atomic E-state index is -0.560. The molecule has 0 aliphatic heterocycles. The Labute approximate surface area is 98.3 Å². The van der Waals surface area contributed by atoms with E-state index in [1.807, 2.05) is 6.07 Å². The smallest absolute Gasteiger partial charge is 0.359 e. The third-order valence-electron chi connectivity index (χ3n) is 1.58. The number of esters is 1. The predicted octanol–water partition coefficient (Wildman–Crippen LogP) is 0.801. The van der Waals surface area contributed by atoms with Crippen LogP contribution in [0.25, 0.3) is 0 Å². The number of hydrogen-bond acceptors (Lipinski definition) is 4. The van der Waals surface area contributed by atoms with E-state index in [0.717, 1.165) is 0 Å². The molecule has 0 radical (unpaired) electrons. The number of carbonyl (C=O) groups excluding carboxylic acids is 1.